The van der Waals surface area contributed by atoms with Crippen molar-refractivity contribution in [3.8, 4) is 0 Å². The van der Waals surface area contributed by atoms with Crippen LogP contribution in [-0.2, 0) is 21.4 Å². The molecular weight excluding hydrogens is 294 g/mol. The number of carbonyl (C=O) groups is 1. The van der Waals surface area contributed by atoms with Crippen molar-refractivity contribution in [1.29, 1.82) is 0 Å². The van der Waals surface area contributed by atoms with Crippen LogP contribution in [0.25, 0.3) is 0 Å². The van der Waals surface area contributed by atoms with Crippen LogP contribution in [0.2, 0.25) is 0 Å². The fraction of sp³-hybridized carbons (Fsp3) is 0.692. The van der Waals surface area contributed by atoms with E-state index < -0.39 is 16.1 Å². The second-order valence-corrected chi connectivity index (χ2v) is 7.44. The van der Waals surface area contributed by atoms with Gasteiger partial charge in [-0.2, -0.15) is 4.31 Å². The van der Waals surface area contributed by atoms with E-state index in [4.69, 9.17) is 4.52 Å². The zero-order chi connectivity index (χ0) is 15.6. The van der Waals surface area contributed by atoms with E-state index in [9.17, 15) is 13.2 Å². The van der Waals surface area contributed by atoms with Gasteiger partial charge in [0, 0.05) is 19.7 Å². The molecule has 0 bridgehead atoms. The van der Waals surface area contributed by atoms with Gasteiger partial charge in [-0.15, -0.1) is 0 Å². The molecule has 0 spiro atoms. The van der Waals surface area contributed by atoms with Crippen LogP contribution in [0.5, 0.6) is 0 Å². The molecule has 118 valence electrons. The first-order valence-corrected chi connectivity index (χ1v) is 8.78. The standard InChI is InChI=1S/C13H21N3O4S/c1-10-8-11(14-20-10)9-15(2)13(17)12-6-4-5-7-16(12)21(3,18)19/h8,12H,4-7,9H2,1-3H3/t12-/m0/s1. The van der Waals surface area contributed by atoms with E-state index in [0.717, 1.165) is 19.1 Å². The number of sulfonamides is 1. The number of hydrogen-bond donors (Lipinski definition) is 0. The van der Waals surface area contributed by atoms with Crippen molar-refractivity contribution in [3.63, 3.8) is 0 Å². The molecule has 0 N–H and O–H groups in total. The first-order chi connectivity index (χ1) is 9.79. The Kier molecular flexibility index (Phi) is 4.67. The zero-order valence-corrected chi connectivity index (χ0v) is 13.4. The molecule has 1 aliphatic heterocycles. The fourth-order valence-electron chi connectivity index (χ4n) is 2.62. The van der Waals surface area contributed by atoms with Crippen LogP contribution in [0.1, 0.15) is 30.7 Å². The number of amides is 1. The first-order valence-electron chi connectivity index (χ1n) is 6.93. The number of carbonyl (C=O) groups excluding carboxylic acids is 1. The normalized spacial score (nSPS) is 20.4. The fourth-order valence-corrected chi connectivity index (χ4v) is 3.74. The number of aromatic nitrogens is 1. The van der Waals surface area contributed by atoms with E-state index in [1.165, 1.54) is 9.21 Å². The van der Waals surface area contributed by atoms with Gasteiger partial charge in [0.25, 0.3) is 0 Å². The number of piperidine rings is 1. The topological polar surface area (TPSA) is 83.7 Å². The third-order valence-corrected chi connectivity index (χ3v) is 4.91. The number of hydrogen-bond acceptors (Lipinski definition) is 5. The van der Waals surface area contributed by atoms with Gasteiger partial charge in [0.05, 0.1) is 12.8 Å². The Balaban J connectivity index is 2.09. The number of rotatable bonds is 4. The third kappa shape index (κ3) is 3.82. The Morgan fingerprint density at radius 3 is 2.81 bits per heavy atom. The van der Waals surface area contributed by atoms with Gasteiger partial charge in [-0.1, -0.05) is 11.6 Å². The van der Waals surface area contributed by atoms with Crippen molar-refractivity contribution in [2.75, 3.05) is 19.8 Å². The summed E-state index contributed by atoms with van der Waals surface area (Å²) in [6, 6.07) is 1.16. The van der Waals surface area contributed by atoms with E-state index in [-0.39, 0.29) is 5.91 Å². The summed E-state index contributed by atoms with van der Waals surface area (Å²) in [4.78, 5) is 14.0. The summed E-state index contributed by atoms with van der Waals surface area (Å²) in [5.41, 5.74) is 0.657. The molecule has 1 aliphatic rings. The van der Waals surface area contributed by atoms with Crippen LogP contribution in [0, 0.1) is 6.92 Å². The summed E-state index contributed by atoms with van der Waals surface area (Å²) in [5.74, 6) is 0.488. The number of aryl methyl sites for hydroxylation is 1. The highest BCUT2D eigenvalue weighted by Crippen LogP contribution is 2.22. The van der Waals surface area contributed by atoms with Gasteiger partial charge in [0.2, 0.25) is 15.9 Å². The lowest BCUT2D eigenvalue weighted by Crippen LogP contribution is -2.51. The maximum Gasteiger partial charge on any atom is 0.241 e. The number of nitrogens with zero attached hydrogens (tertiary/aromatic N) is 3. The van der Waals surface area contributed by atoms with Gasteiger partial charge in [-0.3, -0.25) is 4.79 Å². The minimum Gasteiger partial charge on any atom is -0.361 e. The quantitative estimate of drug-likeness (QED) is 0.819. The van der Waals surface area contributed by atoms with Crippen molar-refractivity contribution in [3.05, 3.63) is 17.5 Å². The SMILES string of the molecule is Cc1cc(CN(C)C(=O)[C@@H]2CCCCN2S(C)(=O)=O)no1. The molecule has 2 rings (SSSR count). The van der Waals surface area contributed by atoms with Crippen LogP contribution in [-0.4, -0.2) is 54.6 Å². The van der Waals surface area contributed by atoms with Crippen molar-refractivity contribution >= 4 is 15.9 Å². The summed E-state index contributed by atoms with van der Waals surface area (Å²) < 4.78 is 29.9. The molecule has 1 fully saturated rings. The summed E-state index contributed by atoms with van der Waals surface area (Å²) in [6.07, 6.45) is 3.37. The third-order valence-electron chi connectivity index (χ3n) is 3.62. The summed E-state index contributed by atoms with van der Waals surface area (Å²) in [5, 5.41) is 3.85. The van der Waals surface area contributed by atoms with E-state index in [2.05, 4.69) is 5.16 Å². The molecule has 0 saturated carbocycles. The lowest BCUT2D eigenvalue weighted by atomic mass is 10.0. The maximum absolute atomic E-state index is 12.5. The molecule has 1 aromatic rings. The van der Waals surface area contributed by atoms with Crippen molar-refractivity contribution in [2.45, 2.75) is 38.8 Å². The van der Waals surface area contributed by atoms with Gasteiger partial charge in [-0.05, 0) is 19.8 Å². The molecule has 0 radical (unpaired) electrons. The first kappa shape index (κ1) is 16.0. The lowest BCUT2D eigenvalue weighted by Gasteiger charge is -2.34. The number of likely N-dealkylation sites (N-methyl/N-ethyl adjacent to an activating group) is 1. The molecule has 8 heteroatoms. The minimum absolute atomic E-state index is 0.194. The predicted molar refractivity (Wildman–Crippen MR) is 76.9 cm³/mol. The van der Waals surface area contributed by atoms with Crippen LogP contribution in [0.15, 0.2) is 10.6 Å². The lowest BCUT2D eigenvalue weighted by molar-refractivity contribution is -0.135. The largest absolute Gasteiger partial charge is 0.361 e. The molecule has 0 aliphatic carbocycles. The van der Waals surface area contributed by atoms with Gasteiger partial charge in [0.1, 0.15) is 17.5 Å². The molecule has 0 unspecified atom stereocenters. The molecule has 1 amide bonds. The molecule has 21 heavy (non-hydrogen) atoms. The molecule has 2 heterocycles. The van der Waals surface area contributed by atoms with E-state index in [1.807, 2.05) is 0 Å². The molecular formula is C13H21N3O4S. The highest BCUT2D eigenvalue weighted by molar-refractivity contribution is 7.88. The van der Waals surface area contributed by atoms with E-state index in [1.54, 1.807) is 20.0 Å². The highest BCUT2D eigenvalue weighted by Gasteiger charge is 2.36. The van der Waals surface area contributed by atoms with Crippen molar-refractivity contribution < 1.29 is 17.7 Å². The Hall–Kier alpha value is -1.41. The van der Waals surface area contributed by atoms with E-state index >= 15 is 0 Å². The smallest absolute Gasteiger partial charge is 0.241 e. The average Bonchev–Trinajstić information content (AvgIpc) is 2.82. The van der Waals surface area contributed by atoms with Crippen LogP contribution in [0.4, 0.5) is 0 Å². The van der Waals surface area contributed by atoms with Crippen molar-refractivity contribution in [1.82, 2.24) is 14.4 Å². The monoisotopic (exact) mass is 315 g/mol. The van der Waals surface area contributed by atoms with E-state index in [0.29, 0.717) is 31.0 Å². The second kappa shape index (κ2) is 6.15. The molecule has 1 aromatic heterocycles. The molecule has 1 atom stereocenters. The summed E-state index contributed by atoms with van der Waals surface area (Å²) in [7, 11) is -1.72. The molecule has 1 saturated heterocycles. The summed E-state index contributed by atoms with van der Waals surface area (Å²) in [6.45, 7) is 2.50. The van der Waals surface area contributed by atoms with Gasteiger partial charge in [-0.25, -0.2) is 8.42 Å². The maximum atomic E-state index is 12.5. The summed E-state index contributed by atoms with van der Waals surface area (Å²) >= 11 is 0. The Bertz CT molecular complexity index is 611. The molecule has 7 nitrogen and oxygen atoms in total. The van der Waals surface area contributed by atoms with Crippen LogP contribution >= 0.6 is 0 Å². The molecule has 0 aromatic carbocycles. The van der Waals surface area contributed by atoms with Gasteiger partial charge >= 0.3 is 0 Å². The van der Waals surface area contributed by atoms with Crippen LogP contribution in [0.3, 0.4) is 0 Å². The minimum atomic E-state index is -3.37. The Labute approximate surface area is 124 Å². The van der Waals surface area contributed by atoms with Gasteiger partial charge in [0.15, 0.2) is 0 Å². The van der Waals surface area contributed by atoms with Crippen molar-refractivity contribution in [2.24, 2.45) is 0 Å². The predicted octanol–water partition coefficient (Wildman–Crippen LogP) is 0.756. The second-order valence-electron chi connectivity index (χ2n) is 5.51. The Morgan fingerprint density at radius 1 is 1.52 bits per heavy atom. The highest BCUT2D eigenvalue weighted by atomic mass is 32.2. The average molecular weight is 315 g/mol. The zero-order valence-electron chi connectivity index (χ0n) is 12.6. The Morgan fingerprint density at radius 2 is 2.24 bits per heavy atom. The van der Waals surface area contributed by atoms with Gasteiger partial charge < -0.3 is 9.42 Å². The van der Waals surface area contributed by atoms with Crippen LogP contribution < -0.4 is 0 Å².